The highest BCUT2D eigenvalue weighted by atomic mass is 16.5. The molecule has 4 heteroatoms. The monoisotopic (exact) mass is 159 g/mol. The van der Waals surface area contributed by atoms with Gasteiger partial charge in [0, 0.05) is 26.7 Å². The Morgan fingerprint density at radius 2 is 2.36 bits per heavy atom. The van der Waals surface area contributed by atoms with Crippen LogP contribution in [0.25, 0.3) is 0 Å². The summed E-state index contributed by atoms with van der Waals surface area (Å²) in [5, 5.41) is 0. The van der Waals surface area contributed by atoms with Gasteiger partial charge in [-0.1, -0.05) is 0 Å². The largest absolute Gasteiger partial charge is 0.382 e. The van der Waals surface area contributed by atoms with E-state index in [1.54, 1.807) is 7.05 Å². The molecular formula is C7H17N3O. The van der Waals surface area contributed by atoms with E-state index in [1.807, 2.05) is 6.92 Å². The molecule has 0 saturated heterocycles. The first-order valence-electron chi connectivity index (χ1n) is 3.85. The number of aliphatic imine (C=N–C) groups is 1. The summed E-state index contributed by atoms with van der Waals surface area (Å²) in [6, 6.07) is 0. The Morgan fingerprint density at radius 3 is 2.82 bits per heavy atom. The second kappa shape index (κ2) is 7.50. The average Bonchev–Trinajstić information content (AvgIpc) is 2.05. The number of nitrogens with one attached hydrogen (secondary N) is 1. The molecule has 3 N–H and O–H groups in total. The van der Waals surface area contributed by atoms with Gasteiger partial charge < -0.3 is 10.2 Å². The van der Waals surface area contributed by atoms with E-state index in [4.69, 9.17) is 10.6 Å². The van der Waals surface area contributed by atoms with Gasteiger partial charge in [0.1, 0.15) is 5.84 Å². The highest BCUT2D eigenvalue weighted by Gasteiger charge is 1.93. The van der Waals surface area contributed by atoms with Crippen molar-refractivity contribution >= 4 is 5.84 Å². The van der Waals surface area contributed by atoms with Crippen molar-refractivity contribution in [1.82, 2.24) is 5.43 Å². The Morgan fingerprint density at radius 1 is 1.64 bits per heavy atom. The van der Waals surface area contributed by atoms with Crippen molar-refractivity contribution in [1.29, 1.82) is 0 Å². The second-order valence-electron chi connectivity index (χ2n) is 2.12. The molecule has 0 unspecified atom stereocenters. The molecule has 66 valence electrons. The van der Waals surface area contributed by atoms with Gasteiger partial charge in [0.05, 0.1) is 0 Å². The van der Waals surface area contributed by atoms with E-state index in [9.17, 15) is 0 Å². The molecule has 0 aromatic carbocycles. The lowest BCUT2D eigenvalue weighted by Crippen LogP contribution is -2.30. The Kier molecular flexibility index (Phi) is 7.08. The fourth-order valence-electron chi connectivity index (χ4n) is 0.735. The van der Waals surface area contributed by atoms with E-state index in [0.29, 0.717) is 0 Å². The van der Waals surface area contributed by atoms with E-state index in [1.165, 1.54) is 0 Å². The first kappa shape index (κ1) is 10.4. The van der Waals surface area contributed by atoms with Gasteiger partial charge in [0.25, 0.3) is 0 Å². The molecule has 0 radical (unpaired) electrons. The summed E-state index contributed by atoms with van der Waals surface area (Å²) in [7, 11) is 1.72. The molecular weight excluding hydrogens is 142 g/mol. The summed E-state index contributed by atoms with van der Waals surface area (Å²) in [5.41, 5.74) is 2.52. The minimum absolute atomic E-state index is 0.772. The van der Waals surface area contributed by atoms with Crippen LogP contribution in [0.2, 0.25) is 0 Å². The number of nitrogens with zero attached hydrogens (tertiary/aromatic N) is 1. The van der Waals surface area contributed by atoms with Crippen LogP contribution in [0.15, 0.2) is 4.99 Å². The van der Waals surface area contributed by atoms with E-state index in [-0.39, 0.29) is 0 Å². The highest BCUT2D eigenvalue weighted by molar-refractivity contribution is 5.81. The first-order chi connectivity index (χ1) is 5.35. The standard InChI is InChI=1S/C7H17N3O/c1-3-11-6-4-5-7(9-2)10-8/h3-6,8H2,1-2H3,(H,9,10). The molecule has 0 aliphatic heterocycles. The molecule has 0 rings (SSSR count). The van der Waals surface area contributed by atoms with Crippen molar-refractivity contribution < 1.29 is 4.74 Å². The number of hydrazine groups is 1. The maximum atomic E-state index is 5.18. The van der Waals surface area contributed by atoms with Crippen LogP contribution in [0.1, 0.15) is 19.8 Å². The van der Waals surface area contributed by atoms with Crippen LogP contribution in [0.5, 0.6) is 0 Å². The van der Waals surface area contributed by atoms with E-state index < -0.39 is 0 Å². The third-order valence-corrected chi connectivity index (χ3v) is 1.34. The summed E-state index contributed by atoms with van der Waals surface area (Å²) >= 11 is 0. The van der Waals surface area contributed by atoms with Gasteiger partial charge in [0.2, 0.25) is 0 Å². The van der Waals surface area contributed by atoms with E-state index >= 15 is 0 Å². The molecule has 0 heterocycles. The number of rotatable bonds is 5. The minimum atomic E-state index is 0.772. The molecule has 0 aliphatic carbocycles. The van der Waals surface area contributed by atoms with E-state index in [2.05, 4.69) is 10.4 Å². The Labute approximate surface area is 67.8 Å². The van der Waals surface area contributed by atoms with Crippen LogP contribution < -0.4 is 11.3 Å². The first-order valence-corrected chi connectivity index (χ1v) is 3.85. The molecule has 0 fully saturated rings. The molecule has 4 nitrogen and oxygen atoms in total. The fraction of sp³-hybridized carbons (Fsp3) is 0.857. The summed E-state index contributed by atoms with van der Waals surface area (Å²) in [6.07, 6.45) is 1.82. The molecule has 0 aromatic heterocycles. The van der Waals surface area contributed by atoms with Crippen molar-refractivity contribution in [2.45, 2.75) is 19.8 Å². The van der Waals surface area contributed by atoms with Crippen molar-refractivity contribution in [2.75, 3.05) is 20.3 Å². The number of ether oxygens (including phenoxy) is 1. The van der Waals surface area contributed by atoms with Crippen LogP contribution in [0, 0.1) is 0 Å². The predicted octanol–water partition coefficient (Wildman–Crippen LogP) is 0.295. The fourth-order valence-corrected chi connectivity index (χ4v) is 0.735. The summed E-state index contributed by atoms with van der Waals surface area (Å²) < 4.78 is 5.15. The Bertz CT molecular complexity index is 114. The van der Waals surface area contributed by atoms with Gasteiger partial charge in [-0.25, -0.2) is 5.84 Å². The van der Waals surface area contributed by atoms with Crippen molar-refractivity contribution in [3.63, 3.8) is 0 Å². The van der Waals surface area contributed by atoms with Crippen LogP contribution in [0.3, 0.4) is 0 Å². The average molecular weight is 159 g/mol. The second-order valence-corrected chi connectivity index (χ2v) is 2.12. The Balaban J connectivity index is 3.22. The van der Waals surface area contributed by atoms with Gasteiger partial charge in [-0.15, -0.1) is 0 Å². The summed E-state index contributed by atoms with van der Waals surface area (Å²) in [4.78, 5) is 3.93. The van der Waals surface area contributed by atoms with Crippen LogP contribution in [0.4, 0.5) is 0 Å². The molecule has 11 heavy (non-hydrogen) atoms. The third kappa shape index (κ3) is 5.82. The van der Waals surface area contributed by atoms with E-state index in [0.717, 1.165) is 31.9 Å². The van der Waals surface area contributed by atoms with Crippen LogP contribution >= 0.6 is 0 Å². The molecule has 0 aromatic rings. The summed E-state index contributed by atoms with van der Waals surface area (Å²) in [6.45, 7) is 3.53. The number of amidine groups is 1. The Hall–Kier alpha value is -0.610. The van der Waals surface area contributed by atoms with Crippen molar-refractivity contribution in [3.8, 4) is 0 Å². The molecule has 0 spiro atoms. The zero-order valence-corrected chi connectivity index (χ0v) is 7.26. The van der Waals surface area contributed by atoms with Gasteiger partial charge in [-0.3, -0.25) is 4.99 Å². The maximum Gasteiger partial charge on any atom is 0.110 e. The topological polar surface area (TPSA) is 59.6 Å². The van der Waals surface area contributed by atoms with Crippen LogP contribution in [-0.2, 0) is 4.74 Å². The van der Waals surface area contributed by atoms with Gasteiger partial charge in [0.15, 0.2) is 0 Å². The van der Waals surface area contributed by atoms with Crippen molar-refractivity contribution in [2.24, 2.45) is 10.8 Å². The predicted molar refractivity (Wildman–Crippen MR) is 46.4 cm³/mol. The quantitative estimate of drug-likeness (QED) is 0.199. The lowest BCUT2D eigenvalue weighted by molar-refractivity contribution is 0.146. The maximum absolute atomic E-state index is 5.18. The smallest absolute Gasteiger partial charge is 0.110 e. The van der Waals surface area contributed by atoms with Crippen LogP contribution in [-0.4, -0.2) is 26.1 Å². The molecule has 0 saturated carbocycles. The highest BCUT2D eigenvalue weighted by Crippen LogP contribution is 1.90. The SMILES string of the molecule is CCOCCCC(=NC)NN. The normalized spacial score (nSPS) is 11.7. The minimum Gasteiger partial charge on any atom is -0.382 e. The third-order valence-electron chi connectivity index (χ3n) is 1.34. The van der Waals surface area contributed by atoms with Gasteiger partial charge in [-0.2, -0.15) is 0 Å². The summed E-state index contributed by atoms with van der Waals surface area (Å²) in [5.74, 6) is 6.00. The molecule has 0 aliphatic rings. The molecule has 0 atom stereocenters. The molecule has 0 amide bonds. The van der Waals surface area contributed by atoms with Gasteiger partial charge in [-0.05, 0) is 13.3 Å². The van der Waals surface area contributed by atoms with Crippen molar-refractivity contribution in [3.05, 3.63) is 0 Å². The number of nitrogens with two attached hydrogens (primary N) is 1. The lowest BCUT2D eigenvalue weighted by Gasteiger charge is -2.03. The zero-order valence-electron chi connectivity index (χ0n) is 7.26. The zero-order chi connectivity index (χ0) is 8.53. The number of hydrogen-bond donors (Lipinski definition) is 2. The number of hydrogen-bond acceptors (Lipinski definition) is 3. The van der Waals surface area contributed by atoms with Gasteiger partial charge >= 0.3 is 0 Å². The lowest BCUT2D eigenvalue weighted by atomic mass is 10.3. The molecule has 0 bridgehead atoms.